The topological polar surface area (TPSA) is 137 Å². The maximum absolute atomic E-state index is 15.3. The van der Waals surface area contributed by atoms with Crippen molar-refractivity contribution in [3.63, 3.8) is 0 Å². The first-order valence-electron chi connectivity index (χ1n) is 18.0. The molecule has 4 aromatic heterocycles. The molecule has 0 aliphatic carbocycles. The zero-order valence-corrected chi connectivity index (χ0v) is 32.1. The second kappa shape index (κ2) is 14.6. The first kappa shape index (κ1) is 38.3. The predicted octanol–water partition coefficient (Wildman–Crippen LogP) is 8.00. The quantitative estimate of drug-likeness (QED) is 0.172. The summed E-state index contributed by atoms with van der Waals surface area (Å²) in [5.41, 5.74) is 1.78. The molecule has 0 atom stereocenters. The Morgan fingerprint density at radius 1 is 1.00 bits per heavy atom. The summed E-state index contributed by atoms with van der Waals surface area (Å²) in [6, 6.07) is 20.2. The molecule has 1 amide bonds. The lowest BCUT2D eigenvalue weighted by molar-refractivity contribution is 0.0962. The molecule has 0 radical (unpaired) electrons. The van der Waals surface area contributed by atoms with Gasteiger partial charge in [-0.1, -0.05) is 19.9 Å². The molecule has 11 nitrogen and oxygen atoms in total. The summed E-state index contributed by atoms with van der Waals surface area (Å²) in [5.74, 6) is -0.658. The minimum absolute atomic E-state index is 0.0600. The first-order chi connectivity index (χ1) is 26.8. The van der Waals surface area contributed by atoms with E-state index in [1.54, 1.807) is 42.5 Å². The number of amides is 1. The number of aromatic nitrogens is 3. The van der Waals surface area contributed by atoms with Crippen LogP contribution >= 0.6 is 0 Å². The Bertz CT molecular complexity index is 2820. The fraction of sp³-hybridized carbons (Fsp3) is 0.268. The van der Waals surface area contributed by atoms with E-state index in [-0.39, 0.29) is 35.4 Å². The molecule has 56 heavy (non-hydrogen) atoms. The molecule has 15 heteroatoms. The Balaban J connectivity index is 0.00000237. The zero-order chi connectivity index (χ0) is 40.1. The average molecular weight is 782 g/mol. The molecular weight excluding hydrogens is 744 g/mol. The van der Waals surface area contributed by atoms with Crippen molar-refractivity contribution in [2.24, 2.45) is 0 Å². The van der Waals surface area contributed by atoms with Gasteiger partial charge in [-0.2, -0.15) is 5.26 Å². The molecule has 1 saturated heterocycles. The lowest BCUT2D eigenvalue weighted by Gasteiger charge is -2.32. The Morgan fingerprint density at radius 3 is 2.38 bits per heavy atom. The van der Waals surface area contributed by atoms with Gasteiger partial charge in [0, 0.05) is 68.0 Å². The van der Waals surface area contributed by atoms with Crippen LogP contribution in [0.25, 0.3) is 61.0 Å². The normalized spacial score (nSPS) is 14.5. The molecule has 0 bridgehead atoms. The molecule has 1 N–H and O–H groups in total. The van der Waals surface area contributed by atoms with Crippen LogP contribution in [0, 0.1) is 23.0 Å². The monoisotopic (exact) mass is 781 g/mol. The molecule has 3 aromatic carbocycles. The molecule has 1 fully saturated rings. The summed E-state index contributed by atoms with van der Waals surface area (Å²) >= 11 is 0. The van der Waals surface area contributed by atoms with E-state index >= 15 is 4.39 Å². The lowest BCUT2D eigenvalue weighted by Crippen LogP contribution is -2.40. The number of nitrogens with zero attached hydrogens (tertiary/aromatic N) is 6. The third-order valence-electron chi connectivity index (χ3n) is 10.1. The van der Waals surface area contributed by atoms with Crippen molar-refractivity contribution in [1.29, 1.82) is 5.26 Å². The number of halogens is 3. The third kappa shape index (κ3) is 6.69. The van der Waals surface area contributed by atoms with E-state index in [1.807, 2.05) is 23.1 Å². The fourth-order valence-electron chi connectivity index (χ4n) is 7.13. The third-order valence-corrected chi connectivity index (χ3v) is 11.3. The van der Waals surface area contributed by atoms with Crippen LogP contribution < -0.4 is 9.62 Å². The Morgan fingerprint density at radius 2 is 1.71 bits per heavy atom. The zero-order valence-electron chi connectivity index (χ0n) is 31.3. The number of piperidine rings is 1. The summed E-state index contributed by atoms with van der Waals surface area (Å²) in [6.07, 6.45) is 1.18. The largest absolute Gasteiger partial charge is 0.455 e. The number of hydrogen-bond donors (Lipinski definition) is 1. The number of nitriles is 1. The highest BCUT2D eigenvalue weighted by Gasteiger charge is 2.35. The number of likely N-dealkylation sites (tertiary alicyclic amines) is 1. The first-order valence-corrected chi connectivity index (χ1v) is 19.9. The van der Waals surface area contributed by atoms with Crippen LogP contribution in [-0.4, -0.2) is 72.7 Å². The van der Waals surface area contributed by atoms with E-state index in [0.29, 0.717) is 75.1 Å². The molecule has 7 aromatic rings. The van der Waals surface area contributed by atoms with Crippen LogP contribution in [0.5, 0.6) is 0 Å². The number of carbonyl (C=O) groups excluding carboxylic acids is 1. The van der Waals surface area contributed by atoms with Gasteiger partial charge in [0.1, 0.15) is 40.4 Å². The van der Waals surface area contributed by atoms with Crippen LogP contribution in [0.3, 0.4) is 0 Å². The van der Waals surface area contributed by atoms with Gasteiger partial charge >= 0.3 is 0 Å². The number of pyridine rings is 1. The molecule has 0 unspecified atom stereocenters. The number of furan rings is 1. The van der Waals surface area contributed by atoms with Gasteiger partial charge in [0.05, 0.1) is 46.3 Å². The smallest absolute Gasteiger partial charge is 0.255 e. The summed E-state index contributed by atoms with van der Waals surface area (Å²) in [7, 11) is -0.965. The van der Waals surface area contributed by atoms with E-state index in [0.717, 1.165) is 10.6 Å². The second-order valence-electron chi connectivity index (χ2n) is 13.5. The average Bonchev–Trinajstić information content (AvgIpc) is 3.78. The minimum atomic E-state index is -3.83. The number of carbonyl (C=O) groups is 1. The second-order valence-corrected chi connectivity index (χ2v) is 15.5. The number of rotatable bonds is 7. The maximum atomic E-state index is 15.3. The van der Waals surface area contributed by atoms with Gasteiger partial charge in [0.2, 0.25) is 10.0 Å². The standard InChI is InChI=1S/C39H32F3N7O4S.C2H6/c1-44-38(50)35-26-17-25(31(47(2)54(3,51)52)19-33(26)53-37(35)22-7-9-23(40)10-8-22)28-11-12-29-36(46-28)32-18-24-27(41)5-4-6-30(24)49(32)34(45-29)20-48-15-13-39(42,21-43)14-16-48;1-2/h4-12,17-19H,13-16,20H2,1-3H3,(H,44,50);1-2H3. The van der Waals surface area contributed by atoms with Crippen molar-refractivity contribution in [2.75, 3.05) is 37.7 Å². The summed E-state index contributed by atoms with van der Waals surface area (Å²) in [5, 5.41) is 12.6. The van der Waals surface area contributed by atoms with Crippen molar-refractivity contribution >= 4 is 60.0 Å². The highest BCUT2D eigenvalue weighted by atomic mass is 32.2. The highest BCUT2D eigenvalue weighted by Crippen LogP contribution is 2.42. The van der Waals surface area contributed by atoms with Crippen LogP contribution in [-0.2, 0) is 16.6 Å². The summed E-state index contributed by atoms with van der Waals surface area (Å²) < 4.78 is 79.0. The minimum Gasteiger partial charge on any atom is -0.455 e. The van der Waals surface area contributed by atoms with Crippen LogP contribution in [0.15, 0.2) is 77.2 Å². The van der Waals surface area contributed by atoms with Crippen LogP contribution in [0.4, 0.5) is 18.9 Å². The van der Waals surface area contributed by atoms with Gasteiger partial charge in [-0.05, 0) is 60.7 Å². The van der Waals surface area contributed by atoms with E-state index in [4.69, 9.17) is 14.4 Å². The van der Waals surface area contributed by atoms with Crippen molar-refractivity contribution in [1.82, 2.24) is 24.6 Å². The molecule has 288 valence electrons. The number of hydrogen-bond acceptors (Lipinski definition) is 8. The van der Waals surface area contributed by atoms with Crippen molar-refractivity contribution < 1.29 is 30.8 Å². The van der Waals surface area contributed by atoms with Gasteiger partial charge in [0.15, 0.2) is 5.67 Å². The van der Waals surface area contributed by atoms with Crippen LogP contribution in [0.2, 0.25) is 0 Å². The summed E-state index contributed by atoms with van der Waals surface area (Å²) in [4.78, 5) is 25.4. The number of fused-ring (bicyclic) bond motifs is 6. The van der Waals surface area contributed by atoms with Gasteiger partial charge in [-0.3, -0.25) is 18.4 Å². The Labute approximate surface area is 321 Å². The maximum Gasteiger partial charge on any atom is 0.255 e. The number of benzene rings is 3. The van der Waals surface area contributed by atoms with Gasteiger partial charge in [0.25, 0.3) is 5.91 Å². The molecule has 1 aliphatic rings. The van der Waals surface area contributed by atoms with Gasteiger partial charge in [-0.15, -0.1) is 0 Å². The van der Waals surface area contributed by atoms with Crippen molar-refractivity contribution in [2.45, 2.75) is 38.9 Å². The lowest BCUT2D eigenvalue weighted by atomic mass is 9.95. The number of anilines is 1. The van der Waals surface area contributed by atoms with Crippen molar-refractivity contribution in [3.8, 4) is 28.7 Å². The molecule has 5 heterocycles. The summed E-state index contributed by atoms with van der Waals surface area (Å²) in [6.45, 7) is 4.98. The predicted molar refractivity (Wildman–Crippen MR) is 211 cm³/mol. The molecule has 0 spiro atoms. The molecule has 8 rings (SSSR count). The van der Waals surface area contributed by atoms with E-state index in [1.165, 1.54) is 50.5 Å². The van der Waals surface area contributed by atoms with Crippen LogP contribution in [0.1, 0.15) is 42.9 Å². The number of nitrogens with one attached hydrogen (secondary N) is 1. The van der Waals surface area contributed by atoms with E-state index < -0.39 is 33.2 Å². The Kier molecular flexibility index (Phi) is 9.98. The fourth-order valence-corrected chi connectivity index (χ4v) is 7.64. The number of alkyl halides is 1. The SMILES string of the molecule is CC.CNC(=O)c1c(-c2ccc(F)cc2)oc2cc(N(C)S(C)(=O)=O)c(-c3ccc4nc(CN5CCC(F)(C#N)CC5)n5c6cccc(F)c6cc5c4n3)cc12. The highest BCUT2D eigenvalue weighted by molar-refractivity contribution is 7.92. The van der Waals surface area contributed by atoms with E-state index in [9.17, 15) is 27.3 Å². The molecule has 1 aliphatic heterocycles. The van der Waals surface area contributed by atoms with Gasteiger partial charge < -0.3 is 9.73 Å². The molecular formula is C41H38F3N7O4S. The molecule has 0 saturated carbocycles. The Hall–Kier alpha value is -5.98. The van der Waals surface area contributed by atoms with Gasteiger partial charge in [-0.25, -0.2) is 31.6 Å². The number of sulfonamides is 1. The van der Waals surface area contributed by atoms with Crippen molar-refractivity contribution in [3.05, 3.63) is 95.8 Å². The van der Waals surface area contributed by atoms with E-state index in [2.05, 4.69) is 5.32 Å².